The van der Waals surface area contributed by atoms with Crippen molar-refractivity contribution < 1.29 is 14.7 Å². The number of carbonyl (C=O) groups excluding carboxylic acids is 1. The van der Waals surface area contributed by atoms with E-state index in [1.54, 1.807) is 18.2 Å². The predicted octanol–water partition coefficient (Wildman–Crippen LogP) is 2.96. The van der Waals surface area contributed by atoms with E-state index >= 15 is 0 Å². The lowest BCUT2D eigenvalue weighted by atomic mass is 10.0. The number of urea groups is 1. The van der Waals surface area contributed by atoms with Crippen LogP contribution in [0.1, 0.15) is 44.6 Å². The van der Waals surface area contributed by atoms with E-state index in [0.29, 0.717) is 11.3 Å². The fourth-order valence-corrected chi connectivity index (χ4v) is 2.68. The first kappa shape index (κ1) is 15.4. The number of carboxylic acid groups (broad SMARTS) is 1. The van der Waals surface area contributed by atoms with Gasteiger partial charge in [0.25, 0.3) is 0 Å². The molecule has 1 aliphatic heterocycles. The first-order chi connectivity index (χ1) is 10.0. The van der Waals surface area contributed by atoms with Crippen molar-refractivity contribution in [3.8, 4) is 0 Å². The number of anilines is 1. The van der Waals surface area contributed by atoms with Gasteiger partial charge in [0.05, 0.1) is 0 Å². The van der Waals surface area contributed by atoms with Crippen LogP contribution >= 0.6 is 0 Å². The Morgan fingerprint density at radius 3 is 2.81 bits per heavy atom. The van der Waals surface area contributed by atoms with Crippen LogP contribution in [-0.2, 0) is 4.79 Å². The van der Waals surface area contributed by atoms with Gasteiger partial charge in [0.2, 0.25) is 0 Å². The van der Waals surface area contributed by atoms with Crippen LogP contribution in [0.15, 0.2) is 24.3 Å². The maximum absolute atomic E-state index is 12.4. The monoisotopic (exact) mass is 290 g/mol. The number of amides is 2. The Labute approximate surface area is 125 Å². The normalized spacial score (nSPS) is 18.2. The highest BCUT2D eigenvalue weighted by Gasteiger charge is 2.36. The van der Waals surface area contributed by atoms with Gasteiger partial charge in [-0.15, -0.1) is 0 Å². The molecule has 0 saturated heterocycles. The number of hydrogen-bond donors (Lipinski definition) is 2. The Hall–Kier alpha value is -2.04. The van der Waals surface area contributed by atoms with E-state index in [-0.39, 0.29) is 18.6 Å². The van der Waals surface area contributed by atoms with E-state index in [1.165, 1.54) is 4.90 Å². The summed E-state index contributed by atoms with van der Waals surface area (Å²) in [6.45, 7) is 4.29. The van der Waals surface area contributed by atoms with Gasteiger partial charge in [0.1, 0.15) is 5.92 Å². The Balaban J connectivity index is 2.11. The van der Waals surface area contributed by atoms with Gasteiger partial charge in [0, 0.05) is 18.3 Å². The molecule has 2 amide bonds. The molecular weight excluding hydrogens is 268 g/mol. The molecule has 21 heavy (non-hydrogen) atoms. The Bertz CT molecular complexity index is 530. The van der Waals surface area contributed by atoms with Crippen LogP contribution in [-0.4, -0.2) is 29.7 Å². The van der Waals surface area contributed by atoms with Gasteiger partial charge in [-0.05, 0) is 25.0 Å². The van der Waals surface area contributed by atoms with Gasteiger partial charge in [0.15, 0.2) is 0 Å². The maximum atomic E-state index is 12.4. The molecule has 1 aliphatic rings. The standard InChI is InChI=1S/C16H22N2O3/c1-3-4-7-11(2)17-16(21)18-10-13(15(19)20)12-8-5-6-9-14(12)18/h5-6,8-9,11,13H,3-4,7,10H2,1-2H3,(H,17,21)(H,19,20). The van der Waals surface area contributed by atoms with Crippen LogP contribution in [0.3, 0.4) is 0 Å². The second-order valence-electron chi connectivity index (χ2n) is 5.55. The Morgan fingerprint density at radius 1 is 1.43 bits per heavy atom. The topological polar surface area (TPSA) is 69.6 Å². The Kier molecular flexibility index (Phi) is 4.83. The summed E-state index contributed by atoms with van der Waals surface area (Å²) in [7, 11) is 0. The first-order valence-corrected chi connectivity index (χ1v) is 7.44. The van der Waals surface area contributed by atoms with Gasteiger partial charge >= 0.3 is 12.0 Å². The molecule has 0 aliphatic carbocycles. The summed E-state index contributed by atoms with van der Waals surface area (Å²) in [5, 5.41) is 12.3. The molecule has 114 valence electrons. The van der Waals surface area contributed by atoms with Crippen molar-refractivity contribution in [3.05, 3.63) is 29.8 Å². The minimum absolute atomic E-state index is 0.0912. The number of rotatable bonds is 5. The predicted molar refractivity (Wildman–Crippen MR) is 81.7 cm³/mol. The lowest BCUT2D eigenvalue weighted by molar-refractivity contribution is -0.138. The van der Waals surface area contributed by atoms with Crippen LogP contribution in [0.5, 0.6) is 0 Å². The zero-order valence-corrected chi connectivity index (χ0v) is 12.5. The van der Waals surface area contributed by atoms with Crippen molar-refractivity contribution >= 4 is 17.7 Å². The lowest BCUT2D eigenvalue weighted by Crippen LogP contribution is -2.43. The van der Waals surface area contributed by atoms with Crippen molar-refractivity contribution in [3.63, 3.8) is 0 Å². The highest BCUT2D eigenvalue weighted by molar-refractivity contribution is 5.98. The number of fused-ring (bicyclic) bond motifs is 1. The van der Waals surface area contributed by atoms with Crippen LogP contribution in [0.4, 0.5) is 10.5 Å². The molecule has 2 unspecified atom stereocenters. The third kappa shape index (κ3) is 3.35. The summed E-state index contributed by atoms with van der Waals surface area (Å²) in [5.41, 5.74) is 1.41. The van der Waals surface area contributed by atoms with E-state index in [2.05, 4.69) is 12.2 Å². The van der Waals surface area contributed by atoms with E-state index in [4.69, 9.17) is 0 Å². The zero-order chi connectivity index (χ0) is 15.4. The second-order valence-corrected chi connectivity index (χ2v) is 5.55. The van der Waals surface area contributed by atoms with Crippen LogP contribution in [0, 0.1) is 0 Å². The summed E-state index contributed by atoms with van der Waals surface area (Å²) in [5.74, 6) is -1.53. The van der Waals surface area contributed by atoms with Gasteiger partial charge in [-0.25, -0.2) is 4.79 Å². The smallest absolute Gasteiger partial charge is 0.322 e. The summed E-state index contributed by atoms with van der Waals surface area (Å²) in [6.07, 6.45) is 3.09. The van der Waals surface area contributed by atoms with E-state index in [0.717, 1.165) is 19.3 Å². The minimum Gasteiger partial charge on any atom is -0.481 e. The molecule has 1 aromatic carbocycles. The fraction of sp³-hybridized carbons (Fsp3) is 0.500. The molecule has 0 aromatic heterocycles. The number of hydrogen-bond acceptors (Lipinski definition) is 2. The van der Waals surface area contributed by atoms with Crippen molar-refractivity contribution in [1.29, 1.82) is 0 Å². The van der Waals surface area contributed by atoms with Crippen molar-refractivity contribution in [2.24, 2.45) is 0 Å². The number of para-hydroxylation sites is 1. The van der Waals surface area contributed by atoms with Gasteiger partial charge in [-0.2, -0.15) is 0 Å². The summed E-state index contributed by atoms with van der Waals surface area (Å²) in [4.78, 5) is 25.2. The molecule has 5 heteroatoms. The average molecular weight is 290 g/mol. The highest BCUT2D eigenvalue weighted by atomic mass is 16.4. The van der Waals surface area contributed by atoms with Crippen LogP contribution in [0.2, 0.25) is 0 Å². The van der Waals surface area contributed by atoms with Crippen LogP contribution < -0.4 is 10.2 Å². The number of carboxylic acids is 1. The van der Waals surface area contributed by atoms with Crippen molar-refractivity contribution in [2.45, 2.75) is 45.1 Å². The number of nitrogens with zero attached hydrogens (tertiary/aromatic N) is 1. The van der Waals surface area contributed by atoms with Gasteiger partial charge < -0.3 is 10.4 Å². The zero-order valence-electron chi connectivity index (χ0n) is 12.5. The molecule has 1 heterocycles. The molecule has 0 spiro atoms. The number of nitrogens with one attached hydrogen (secondary N) is 1. The number of aliphatic carboxylic acids is 1. The number of unbranched alkanes of at least 4 members (excludes halogenated alkanes) is 1. The molecule has 5 nitrogen and oxygen atoms in total. The molecule has 0 radical (unpaired) electrons. The van der Waals surface area contributed by atoms with Gasteiger partial charge in [-0.1, -0.05) is 38.0 Å². The van der Waals surface area contributed by atoms with Crippen molar-refractivity contribution in [1.82, 2.24) is 5.32 Å². The molecule has 1 aromatic rings. The maximum Gasteiger partial charge on any atom is 0.322 e. The molecular formula is C16H22N2O3. The largest absolute Gasteiger partial charge is 0.481 e. The molecule has 2 atom stereocenters. The number of benzene rings is 1. The third-order valence-corrected chi connectivity index (χ3v) is 3.87. The molecule has 0 fully saturated rings. The third-order valence-electron chi connectivity index (χ3n) is 3.87. The quantitative estimate of drug-likeness (QED) is 0.876. The van der Waals surface area contributed by atoms with Crippen LogP contribution in [0.25, 0.3) is 0 Å². The Morgan fingerprint density at radius 2 is 2.14 bits per heavy atom. The first-order valence-electron chi connectivity index (χ1n) is 7.44. The molecule has 2 N–H and O–H groups in total. The highest BCUT2D eigenvalue weighted by Crippen LogP contribution is 2.36. The van der Waals surface area contributed by atoms with Crippen molar-refractivity contribution in [2.75, 3.05) is 11.4 Å². The number of carbonyl (C=O) groups is 2. The average Bonchev–Trinajstić information content (AvgIpc) is 2.85. The second kappa shape index (κ2) is 6.61. The lowest BCUT2D eigenvalue weighted by Gasteiger charge is -2.21. The summed E-state index contributed by atoms with van der Waals surface area (Å²) < 4.78 is 0. The molecule has 0 bridgehead atoms. The van der Waals surface area contributed by atoms with E-state index in [1.807, 2.05) is 13.0 Å². The van der Waals surface area contributed by atoms with E-state index in [9.17, 15) is 14.7 Å². The molecule has 2 rings (SSSR count). The summed E-state index contributed by atoms with van der Waals surface area (Å²) in [6, 6.07) is 7.09. The summed E-state index contributed by atoms with van der Waals surface area (Å²) >= 11 is 0. The molecule has 0 saturated carbocycles. The fourth-order valence-electron chi connectivity index (χ4n) is 2.68. The van der Waals surface area contributed by atoms with E-state index < -0.39 is 11.9 Å². The SMILES string of the molecule is CCCCC(C)NC(=O)N1CC(C(=O)O)c2ccccc21. The minimum atomic E-state index is -0.892. The van der Waals surface area contributed by atoms with Gasteiger partial charge in [-0.3, -0.25) is 9.69 Å².